The zero-order valence-electron chi connectivity index (χ0n) is 14.3. The summed E-state index contributed by atoms with van der Waals surface area (Å²) < 4.78 is 5.00. The number of halogens is 1. The summed E-state index contributed by atoms with van der Waals surface area (Å²) >= 11 is 5.89. The molecule has 0 unspecified atom stereocenters. The second-order valence-corrected chi connectivity index (χ2v) is 6.62. The van der Waals surface area contributed by atoms with E-state index in [1.807, 2.05) is 24.3 Å². The molecule has 0 spiro atoms. The maximum Gasteiger partial charge on any atom is 0.340 e. The molecule has 8 heteroatoms. The smallest absolute Gasteiger partial charge is 0.340 e. The number of hydrogen-bond acceptors (Lipinski definition) is 5. The fourth-order valence-electron chi connectivity index (χ4n) is 3.13. The SMILES string of the molecule is O=C(COC(=O)c1ccc([N+](=O)[O-])cc1Cl)N[C@@H]1CCCc2ccccc21. The highest BCUT2D eigenvalue weighted by Gasteiger charge is 2.22. The fraction of sp³-hybridized carbons (Fsp3) is 0.263. The third kappa shape index (κ3) is 4.43. The van der Waals surface area contributed by atoms with Gasteiger partial charge >= 0.3 is 5.97 Å². The number of hydrogen-bond donors (Lipinski definition) is 1. The molecular weight excluding hydrogens is 372 g/mol. The molecule has 1 aliphatic carbocycles. The monoisotopic (exact) mass is 388 g/mol. The molecule has 0 bridgehead atoms. The van der Waals surface area contributed by atoms with Gasteiger partial charge in [-0.15, -0.1) is 0 Å². The number of rotatable bonds is 5. The Morgan fingerprint density at radius 3 is 2.78 bits per heavy atom. The molecule has 0 saturated heterocycles. The van der Waals surface area contributed by atoms with Crippen molar-refractivity contribution in [1.29, 1.82) is 0 Å². The topological polar surface area (TPSA) is 98.5 Å². The molecule has 1 aliphatic rings. The number of nitrogens with one attached hydrogen (secondary N) is 1. The molecule has 27 heavy (non-hydrogen) atoms. The first-order chi connectivity index (χ1) is 13.0. The third-order valence-electron chi connectivity index (χ3n) is 4.42. The zero-order valence-corrected chi connectivity index (χ0v) is 15.1. The van der Waals surface area contributed by atoms with Gasteiger partial charge in [0.05, 0.1) is 21.6 Å². The molecule has 0 fully saturated rings. The predicted octanol–water partition coefficient (Wildman–Crippen LogP) is 3.60. The first-order valence-corrected chi connectivity index (χ1v) is 8.81. The highest BCUT2D eigenvalue weighted by Crippen LogP contribution is 2.29. The molecule has 0 aliphatic heterocycles. The summed E-state index contributed by atoms with van der Waals surface area (Å²) in [6.07, 6.45) is 2.78. The van der Waals surface area contributed by atoms with Crippen molar-refractivity contribution in [3.63, 3.8) is 0 Å². The lowest BCUT2D eigenvalue weighted by Crippen LogP contribution is -2.34. The number of nitrogens with zero attached hydrogens (tertiary/aromatic N) is 1. The maximum atomic E-state index is 12.2. The van der Waals surface area contributed by atoms with Gasteiger partial charge in [0.15, 0.2) is 6.61 Å². The van der Waals surface area contributed by atoms with Crippen molar-refractivity contribution < 1.29 is 19.2 Å². The Labute approximate surface area is 160 Å². The van der Waals surface area contributed by atoms with Gasteiger partial charge in [-0.25, -0.2) is 4.79 Å². The Hall–Kier alpha value is -2.93. The summed E-state index contributed by atoms with van der Waals surface area (Å²) in [7, 11) is 0. The lowest BCUT2D eigenvalue weighted by molar-refractivity contribution is -0.384. The van der Waals surface area contributed by atoms with Gasteiger partial charge in [-0.1, -0.05) is 35.9 Å². The number of nitro benzene ring substituents is 1. The van der Waals surface area contributed by atoms with Crippen molar-refractivity contribution in [2.75, 3.05) is 6.61 Å². The second-order valence-electron chi connectivity index (χ2n) is 6.21. The zero-order chi connectivity index (χ0) is 19.4. The van der Waals surface area contributed by atoms with Gasteiger partial charge in [0.2, 0.25) is 0 Å². The average molecular weight is 389 g/mol. The largest absolute Gasteiger partial charge is 0.452 e. The first-order valence-electron chi connectivity index (χ1n) is 8.44. The number of fused-ring (bicyclic) bond motifs is 1. The first kappa shape index (κ1) is 18.8. The van der Waals surface area contributed by atoms with Crippen LogP contribution in [0.4, 0.5) is 5.69 Å². The van der Waals surface area contributed by atoms with Crippen molar-refractivity contribution >= 4 is 29.2 Å². The summed E-state index contributed by atoms with van der Waals surface area (Å²) in [5.41, 5.74) is 2.04. The Morgan fingerprint density at radius 2 is 2.04 bits per heavy atom. The Bertz CT molecular complexity index is 899. The number of aryl methyl sites for hydroxylation is 1. The second kappa shape index (κ2) is 8.18. The average Bonchev–Trinajstić information content (AvgIpc) is 2.66. The highest BCUT2D eigenvalue weighted by atomic mass is 35.5. The van der Waals surface area contributed by atoms with Gasteiger partial charge in [0.25, 0.3) is 11.6 Å². The molecule has 3 rings (SSSR count). The standard InChI is InChI=1S/C19H17ClN2O5/c20-16-10-13(22(25)26)8-9-15(16)19(24)27-11-18(23)21-17-7-3-5-12-4-1-2-6-14(12)17/h1-2,4,6,8-10,17H,3,5,7,11H2,(H,21,23)/t17-/m1/s1. The van der Waals surface area contributed by atoms with Gasteiger partial charge in [-0.3, -0.25) is 14.9 Å². The lowest BCUT2D eigenvalue weighted by atomic mass is 9.88. The molecule has 7 nitrogen and oxygen atoms in total. The van der Waals surface area contributed by atoms with E-state index < -0.39 is 23.4 Å². The van der Waals surface area contributed by atoms with Crippen LogP contribution in [0, 0.1) is 10.1 Å². The van der Waals surface area contributed by atoms with Crippen LogP contribution >= 0.6 is 11.6 Å². The summed E-state index contributed by atoms with van der Waals surface area (Å²) in [4.78, 5) is 34.3. The summed E-state index contributed by atoms with van der Waals surface area (Å²) in [6.45, 7) is -0.454. The molecule has 0 aromatic heterocycles. The van der Waals surface area contributed by atoms with Crippen LogP contribution in [0.25, 0.3) is 0 Å². The Kier molecular flexibility index (Phi) is 5.71. The minimum atomic E-state index is -0.811. The number of ether oxygens (including phenoxy) is 1. The van der Waals surface area contributed by atoms with E-state index in [4.69, 9.17) is 16.3 Å². The van der Waals surface area contributed by atoms with Crippen LogP contribution in [0.2, 0.25) is 5.02 Å². The number of non-ortho nitro benzene ring substituents is 1. The van der Waals surface area contributed by atoms with Gasteiger partial charge in [0.1, 0.15) is 0 Å². The van der Waals surface area contributed by atoms with Crippen LogP contribution in [0.15, 0.2) is 42.5 Å². The molecule has 1 amide bonds. The van der Waals surface area contributed by atoms with Crippen LogP contribution in [-0.2, 0) is 16.0 Å². The van der Waals surface area contributed by atoms with Gasteiger partial charge in [0, 0.05) is 12.1 Å². The Balaban J connectivity index is 1.58. The van der Waals surface area contributed by atoms with E-state index in [0.717, 1.165) is 37.0 Å². The fourth-order valence-corrected chi connectivity index (χ4v) is 3.38. The van der Waals surface area contributed by atoms with E-state index in [2.05, 4.69) is 5.32 Å². The number of benzene rings is 2. The van der Waals surface area contributed by atoms with Crippen molar-refractivity contribution in [2.24, 2.45) is 0 Å². The van der Waals surface area contributed by atoms with Crippen molar-refractivity contribution in [3.05, 3.63) is 74.3 Å². The van der Waals surface area contributed by atoms with Crippen LogP contribution in [0.3, 0.4) is 0 Å². The maximum absolute atomic E-state index is 12.2. The van der Waals surface area contributed by atoms with Gasteiger partial charge in [-0.05, 0) is 36.5 Å². The summed E-state index contributed by atoms with van der Waals surface area (Å²) in [5, 5.41) is 13.5. The quantitative estimate of drug-likeness (QED) is 0.479. The van der Waals surface area contributed by atoms with Gasteiger partial charge < -0.3 is 10.1 Å². The van der Waals surface area contributed by atoms with Crippen molar-refractivity contribution in [3.8, 4) is 0 Å². The van der Waals surface area contributed by atoms with Crippen LogP contribution < -0.4 is 5.32 Å². The lowest BCUT2D eigenvalue weighted by Gasteiger charge is -2.26. The molecule has 0 heterocycles. The third-order valence-corrected chi connectivity index (χ3v) is 4.74. The van der Waals surface area contributed by atoms with E-state index in [9.17, 15) is 19.7 Å². The number of amides is 1. The van der Waals surface area contributed by atoms with Crippen molar-refractivity contribution in [1.82, 2.24) is 5.32 Å². The minimum Gasteiger partial charge on any atom is -0.452 e. The molecule has 140 valence electrons. The molecular formula is C19H17ClN2O5. The number of carbonyl (C=O) groups is 2. The summed E-state index contributed by atoms with van der Waals surface area (Å²) in [5.74, 6) is -1.22. The van der Waals surface area contributed by atoms with E-state index in [1.54, 1.807) is 0 Å². The van der Waals surface area contributed by atoms with Crippen LogP contribution in [-0.4, -0.2) is 23.4 Å². The molecule has 1 N–H and O–H groups in total. The number of carbonyl (C=O) groups excluding carboxylic acids is 2. The van der Waals surface area contributed by atoms with Crippen LogP contribution in [0.1, 0.15) is 40.4 Å². The van der Waals surface area contributed by atoms with E-state index in [0.29, 0.717) is 0 Å². The molecule has 2 aromatic rings. The van der Waals surface area contributed by atoms with E-state index in [1.165, 1.54) is 11.6 Å². The Morgan fingerprint density at radius 1 is 1.26 bits per heavy atom. The molecule has 0 radical (unpaired) electrons. The summed E-state index contributed by atoms with van der Waals surface area (Å²) in [6, 6.07) is 11.3. The number of esters is 1. The number of nitro groups is 1. The van der Waals surface area contributed by atoms with Gasteiger partial charge in [-0.2, -0.15) is 0 Å². The predicted molar refractivity (Wildman–Crippen MR) is 98.7 cm³/mol. The molecule has 0 saturated carbocycles. The molecule has 1 atom stereocenters. The van der Waals surface area contributed by atoms with Crippen molar-refractivity contribution in [2.45, 2.75) is 25.3 Å². The van der Waals surface area contributed by atoms with Crippen LogP contribution in [0.5, 0.6) is 0 Å². The van der Waals surface area contributed by atoms with E-state index in [-0.39, 0.29) is 22.3 Å². The minimum absolute atomic E-state index is 0.0296. The van der Waals surface area contributed by atoms with E-state index >= 15 is 0 Å². The highest BCUT2D eigenvalue weighted by molar-refractivity contribution is 6.33. The molecule has 2 aromatic carbocycles. The normalized spacial score (nSPS) is 15.5.